The highest BCUT2D eigenvalue weighted by atomic mass is 14.9. The third-order valence-electron chi connectivity index (χ3n) is 2.32. The minimum Gasteiger partial charge on any atom is -0.239 e. The quantitative estimate of drug-likeness (QED) is 0.652. The van der Waals surface area contributed by atoms with Crippen molar-refractivity contribution in [2.75, 3.05) is 0 Å². The van der Waals surface area contributed by atoms with E-state index in [1.165, 1.54) is 12.1 Å². The summed E-state index contributed by atoms with van der Waals surface area (Å²) in [5.74, 6) is -0.338. The summed E-state index contributed by atoms with van der Waals surface area (Å²) in [6, 6.07) is 7.45. The van der Waals surface area contributed by atoms with Gasteiger partial charge in [0.05, 0.1) is 23.4 Å². The molecular weight excluding hydrogens is 252 g/mol. The van der Waals surface area contributed by atoms with Gasteiger partial charge in [-0.3, -0.25) is 0 Å². The van der Waals surface area contributed by atoms with E-state index in [0.717, 1.165) is 0 Å². The van der Waals surface area contributed by atoms with Crippen molar-refractivity contribution in [3.63, 3.8) is 0 Å². The summed E-state index contributed by atoms with van der Waals surface area (Å²) in [5.41, 5.74) is -0.385. The molecule has 0 aliphatic carbocycles. The highest BCUT2D eigenvalue weighted by molar-refractivity contribution is 5.76. The average molecular weight is 254 g/mol. The third kappa shape index (κ3) is 2.27. The molecule has 0 radical (unpaired) electrons. The molecule has 0 heterocycles. The first kappa shape index (κ1) is 14.0. The van der Waals surface area contributed by atoms with Crippen LogP contribution >= 0.6 is 0 Å². The fourth-order valence-electron chi connectivity index (χ4n) is 1.45. The molecule has 0 fully saturated rings. The van der Waals surface area contributed by atoms with Gasteiger partial charge in [-0.1, -0.05) is 0 Å². The Morgan fingerprint density at radius 3 is 1.95 bits per heavy atom. The van der Waals surface area contributed by atoms with Crippen LogP contribution in [-0.2, 0) is 0 Å². The zero-order chi connectivity index (χ0) is 15.1. The highest BCUT2D eigenvalue weighted by Crippen LogP contribution is 2.08. The molecule has 0 atom stereocenters. The zero-order valence-electron chi connectivity index (χ0n) is 9.84. The van der Waals surface area contributed by atoms with E-state index in [9.17, 15) is 0 Å². The molecule has 1 rings (SSSR count). The van der Waals surface area contributed by atoms with Gasteiger partial charge in [0.25, 0.3) is 0 Å². The molecule has 1 aromatic rings. The van der Waals surface area contributed by atoms with Crippen molar-refractivity contribution < 1.29 is 0 Å². The molecule has 20 heavy (non-hydrogen) atoms. The standard InChI is InChI=1S/C14H2N6/c1-18-13-5-11(10(7-16)8-17)9(6-15)4-12(13)14(19-2)20-3/h4-5H. The summed E-state index contributed by atoms with van der Waals surface area (Å²) >= 11 is 0. The lowest BCUT2D eigenvalue weighted by Gasteiger charge is -1.95. The van der Waals surface area contributed by atoms with Crippen LogP contribution in [-0.4, -0.2) is 0 Å². The zero-order valence-corrected chi connectivity index (χ0v) is 9.84. The fourth-order valence-corrected chi connectivity index (χ4v) is 1.45. The van der Waals surface area contributed by atoms with Gasteiger partial charge < -0.3 is 0 Å². The summed E-state index contributed by atoms with van der Waals surface area (Å²) < 4.78 is 0. The molecule has 6 nitrogen and oxygen atoms in total. The predicted octanol–water partition coefficient (Wildman–Crippen LogP) is 1.21. The van der Waals surface area contributed by atoms with E-state index >= 15 is 0 Å². The van der Waals surface area contributed by atoms with Crippen molar-refractivity contribution in [1.82, 2.24) is 0 Å². The molecule has 0 aliphatic heterocycles. The van der Waals surface area contributed by atoms with Crippen molar-refractivity contribution in [3.05, 3.63) is 62.4 Å². The topological polar surface area (TPSA) is 84.5 Å². The van der Waals surface area contributed by atoms with E-state index in [4.69, 9.17) is 35.5 Å². The maximum atomic E-state index is 9.05. The number of nitrogens with zero attached hydrogens (tertiary/aromatic N) is 6. The van der Waals surface area contributed by atoms with Crippen molar-refractivity contribution in [3.8, 4) is 18.2 Å². The maximum Gasteiger partial charge on any atom is 0.516 e. The molecule has 0 aromatic heterocycles. The van der Waals surface area contributed by atoms with Gasteiger partial charge in [0, 0.05) is 5.22 Å². The van der Waals surface area contributed by atoms with Gasteiger partial charge in [-0.25, -0.2) is 4.85 Å². The second-order valence-electron chi connectivity index (χ2n) is 3.28. The molecule has 0 aliphatic rings. The molecule has 0 N–H and O–H groups in total. The lowest BCUT2D eigenvalue weighted by Crippen LogP contribution is -2.16. The Morgan fingerprint density at radius 1 is 0.950 bits per heavy atom. The summed E-state index contributed by atoms with van der Waals surface area (Å²) in [7, 11) is 0. The van der Waals surface area contributed by atoms with Gasteiger partial charge in [-0.05, 0) is 12.1 Å². The van der Waals surface area contributed by atoms with Gasteiger partial charge in [0.1, 0.15) is 30.9 Å². The van der Waals surface area contributed by atoms with E-state index in [1.807, 2.05) is 0 Å². The number of rotatable bonds is 0. The van der Waals surface area contributed by atoms with Crippen LogP contribution in [0.4, 0.5) is 5.69 Å². The highest BCUT2D eigenvalue weighted by Gasteiger charge is 2.12. The minimum absolute atomic E-state index is 0.0283. The van der Waals surface area contributed by atoms with Crippen molar-refractivity contribution in [1.29, 1.82) is 15.8 Å². The van der Waals surface area contributed by atoms with Crippen LogP contribution in [0.2, 0.25) is 0 Å². The smallest absolute Gasteiger partial charge is 0.239 e. The maximum absolute atomic E-state index is 9.05. The first-order valence-electron chi connectivity index (χ1n) is 4.92. The lowest BCUT2D eigenvalue weighted by molar-refractivity contribution is 1.42. The average Bonchev–Trinajstić information content (AvgIpc) is 2.50. The Morgan fingerprint density at radius 2 is 1.55 bits per heavy atom. The molecule has 0 saturated heterocycles. The number of nitriles is 3. The molecule has 0 amide bonds. The molecule has 0 saturated carbocycles. The van der Waals surface area contributed by atoms with Gasteiger partial charge in [0.15, 0.2) is 5.69 Å². The van der Waals surface area contributed by atoms with Crippen LogP contribution < -0.4 is 10.4 Å². The lowest BCUT2D eigenvalue weighted by atomic mass is 10.1. The van der Waals surface area contributed by atoms with Crippen molar-refractivity contribution >= 4 is 17.1 Å². The molecule has 88 valence electrons. The third-order valence-corrected chi connectivity index (χ3v) is 2.32. The molecule has 0 spiro atoms. The normalized spacial score (nSPS) is 7.70. The van der Waals surface area contributed by atoms with Crippen LogP contribution in [0, 0.1) is 53.7 Å². The van der Waals surface area contributed by atoms with Crippen LogP contribution in [0.1, 0.15) is 5.56 Å². The van der Waals surface area contributed by atoms with Gasteiger partial charge in [-0.2, -0.15) is 25.5 Å². The molecule has 6 heteroatoms. The van der Waals surface area contributed by atoms with Gasteiger partial charge in [0.2, 0.25) is 0 Å². The van der Waals surface area contributed by atoms with Crippen LogP contribution in [0.3, 0.4) is 0 Å². The van der Waals surface area contributed by atoms with E-state index in [2.05, 4.69) is 14.5 Å². The summed E-state index contributed by atoms with van der Waals surface area (Å²) in [6.45, 7) is 20.8. The first-order valence-corrected chi connectivity index (χ1v) is 4.92. The van der Waals surface area contributed by atoms with Gasteiger partial charge in [-0.15, -0.1) is 0 Å². The molecular formula is C14H2N6. The van der Waals surface area contributed by atoms with Crippen molar-refractivity contribution in [2.45, 2.75) is 0 Å². The van der Waals surface area contributed by atoms with Crippen LogP contribution in [0.25, 0.3) is 25.9 Å². The minimum atomic E-state index is -0.338. The second-order valence-corrected chi connectivity index (χ2v) is 3.28. The fraction of sp³-hybridized carbons (Fsp3) is 0. The summed E-state index contributed by atoms with van der Waals surface area (Å²) in [6.07, 6.45) is 0. The van der Waals surface area contributed by atoms with Gasteiger partial charge >= 0.3 is 5.82 Å². The van der Waals surface area contributed by atoms with E-state index in [1.54, 1.807) is 18.2 Å². The Kier molecular flexibility index (Phi) is 4.19. The largest absolute Gasteiger partial charge is 0.516 e. The predicted molar refractivity (Wildman–Crippen MR) is 67.9 cm³/mol. The number of hydrogen-bond donors (Lipinski definition) is 0. The second kappa shape index (κ2) is 6.00. The van der Waals surface area contributed by atoms with Crippen LogP contribution in [0.5, 0.6) is 0 Å². The summed E-state index contributed by atoms with van der Waals surface area (Å²) in [5, 5.41) is 26.8. The Bertz CT molecular complexity index is 842. The Hall–Kier alpha value is -4.10. The number of hydrogen-bond acceptors (Lipinski definition) is 3. The summed E-state index contributed by atoms with van der Waals surface area (Å²) in [4.78, 5) is 9.17. The number of benzene rings is 1. The molecule has 0 bridgehead atoms. The first-order chi connectivity index (χ1) is 9.66. The SMILES string of the molecule is [C-]#[N+]C([N+]#[C-])=c1cc(C#N)c(=C(C#N)C#N)cc1[N+]#[C-]. The molecule has 1 aromatic carbocycles. The Balaban J connectivity index is 4.21. The Labute approximate surface area is 114 Å². The molecule has 0 unspecified atom stereocenters. The van der Waals surface area contributed by atoms with E-state index in [-0.39, 0.29) is 33.1 Å². The van der Waals surface area contributed by atoms with Crippen LogP contribution in [0.15, 0.2) is 12.1 Å². The van der Waals surface area contributed by atoms with Crippen molar-refractivity contribution in [2.24, 2.45) is 0 Å². The monoisotopic (exact) mass is 254 g/mol. The van der Waals surface area contributed by atoms with E-state index < -0.39 is 0 Å². The van der Waals surface area contributed by atoms with E-state index in [0.29, 0.717) is 0 Å².